The van der Waals surface area contributed by atoms with Crippen molar-refractivity contribution in [3.8, 4) is 11.4 Å². The molecule has 0 N–H and O–H groups in total. The first-order chi connectivity index (χ1) is 23.3. The number of fused-ring (bicyclic) bond motifs is 15. The maximum atomic E-state index is 2.48. The lowest BCUT2D eigenvalue weighted by Gasteiger charge is -2.13. The Morgan fingerprint density at radius 1 is 0.255 bits per heavy atom. The van der Waals surface area contributed by atoms with Gasteiger partial charge in [-0.3, -0.25) is 0 Å². The molecule has 0 unspecified atom stereocenters. The van der Waals surface area contributed by atoms with Gasteiger partial charge < -0.3 is 13.5 Å². The van der Waals surface area contributed by atoms with Crippen LogP contribution in [0.1, 0.15) is 0 Å². The second-order valence-electron chi connectivity index (χ2n) is 12.6. The zero-order chi connectivity index (χ0) is 30.6. The maximum Gasteiger partial charge on any atom is 0.0635 e. The van der Waals surface area contributed by atoms with E-state index in [4.69, 9.17) is 0 Å². The van der Waals surface area contributed by atoms with E-state index < -0.39 is 0 Å². The Morgan fingerprint density at radius 2 is 0.702 bits per heavy atom. The van der Waals surface area contributed by atoms with Crippen LogP contribution in [-0.2, 0) is 0 Å². The first kappa shape index (κ1) is 24.9. The molecule has 0 aliphatic rings. The van der Waals surface area contributed by atoms with Crippen LogP contribution in [0, 0.1) is 0 Å². The Hall–Kier alpha value is -6.32. The molecule has 0 amide bonds. The summed E-state index contributed by atoms with van der Waals surface area (Å²) >= 11 is 0. The highest BCUT2D eigenvalue weighted by Gasteiger charge is 2.20. The SMILES string of the molecule is c1cc(-n2c3ccccc3c3ccccc32)cc(-n2c3ccccc3c3ccc4c(cc5c6ccccc6c6ccccc6n54)c32)c1. The molecule has 0 saturated carbocycles. The lowest BCUT2D eigenvalue weighted by atomic mass is 10.1. The number of rotatable bonds is 2. The van der Waals surface area contributed by atoms with Gasteiger partial charge in [0.1, 0.15) is 0 Å². The van der Waals surface area contributed by atoms with Gasteiger partial charge in [0.05, 0.1) is 38.6 Å². The zero-order valence-corrected chi connectivity index (χ0v) is 25.4. The highest BCUT2D eigenvalue weighted by atomic mass is 15.0. The zero-order valence-electron chi connectivity index (χ0n) is 25.4. The highest BCUT2D eigenvalue weighted by molar-refractivity contribution is 6.23. The molecule has 218 valence electrons. The molecule has 4 heterocycles. The van der Waals surface area contributed by atoms with Crippen LogP contribution < -0.4 is 0 Å². The van der Waals surface area contributed by atoms with Crippen LogP contribution in [0.3, 0.4) is 0 Å². The molecular formula is C44H27N3. The summed E-state index contributed by atoms with van der Waals surface area (Å²) in [5.41, 5.74) is 10.9. The van der Waals surface area contributed by atoms with Crippen molar-refractivity contribution in [3.63, 3.8) is 0 Å². The number of nitrogens with zero attached hydrogens (tertiary/aromatic N) is 3. The van der Waals surface area contributed by atoms with Crippen LogP contribution in [0.2, 0.25) is 0 Å². The van der Waals surface area contributed by atoms with Crippen molar-refractivity contribution in [2.45, 2.75) is 0 Å². The molecular weight excluding hydrogens is 571 g/mol. The molecule has 3 heteroatoms. The van der Waals surface area contributed by atoms with Gasteiger partial charge in [0.15, 0.2) is 0 Å². The topological polar surface area (TPSA) is 14.3 Å². The minimum Gasteiger partial charge on any atom is -0.309 e. The summed E-state index contributed by atoms with van der Waals surface area (Å²) in [5, 5.41) is 10.1. The van der Waals surface area contributed by atoms with Crippen LogP contribution >= 0.6 is 0 Å². The molecule has 0 bridgehead atoms. The summed E-state index contributed by atoms with van der Waals surface area (Å²) in [6.45, 7) is 0. The predicted molar refractivity (Wildman–Crippen MR) is 199 cm³/mol. The number of hydrogen-bond acceptors (Lipinski definition) is 0. The first-order valence-corrected chi connectivity index (χ1v) is 16.2. The number of benzene rings is 7. The summed E-state index contributed by atoms with van der Waals surface area (Å²) in [6, 6.07) is 60.0. The van der Waals surface area contributed by atoms with Crippen molar-refractivity contribution in [2.75, 3.05) is 0 Å². The Morgan fingerprint density at radius 3 is 1.34 bits per heavy atom. The largest absolute Gasteiger partial charge is 0.309 e. The van der Waals surface area contributed by atoms with Crippen LogP contribution in [-0.4, -0.2) is 13.5 Å². The minimum absolute atomic E-state index is 1.15. The average Bonchev–Trinajstić information content (AvgIpc) is 3.80. The highest BCUT2D eigenvalue weighted by Crippen LogP contribution is 2.41. The van der Waals surface area contributed by atoms with Gasteiger partial charge in [0.2, 0.25) is 0 Å². The van der Waals surface area contributed by atoms with E-state index in [-0.39, 0.29) is 0 Å². The summed E-state index contributed by atoms with van der Waals surface area (Å²) in [6.07, 6.45) is 0. The van der Waals surface area contributed by atoms with Crippen LogP contribution in [0.15, 0.2) is 164 Å². The van der Waals surface area contributed by atoms with Crippen LogP contribution in [0.25, 0.3) is 93.1 Å². The first-order valence-electron chi connectivity index (χ1n) is 16.2. The fourth-order valence-electron chi connectivity index (χ4n) is 8.28. The van der Waals surface area contributed by atoms with Crippen molar-refractivity contribution >= 4 is 81.7 Å². The number of para-hydroxylation sites is 4. The molecule has 0 fully saturated rings. The van der Waals surface area contributed by atoms with Crippen molar-refractivity contribution in [2.24, 2.45) is 0 Å². The van der Waals surface area contributed by atoms with Gasteiger partial charge in [-0.2, -0.15) is 0 Å². The molecule has 3 nitrogen and oxygen atoms in total. The van der Waals surface area contributed by atoms with Crippen molar-refractivity contribution in [3.05, 3.63) is 164 Å². The summed E-state index contributed by atoms with van der Waals surface area (Å²) in [7, 11) is 0. The van der Waals surface area contributed by atoms with Crippen LogP contribution in [0.4, 0.5) is 0 Å². The molecule has 0 aliphatic heterocycles. The molecule has 47 heavy (non-hydrogen) atoms. The Bertz CT molecular complexity index is 3020. The standard InChI is InChI=1S/C44H27N3/c1-2-16-32-30(14-1)31-15-3-10-23-41(31)47-42-25-24-36-35-19-6-9-22-40(35)46(44(36)37(42)27-43(32)47)29-13-11-12-28(26-29)45-38-20-7-4-17-33(38)34-18-5-8-21-39(34)45/h1-27H. The fraction of sp³-hybridized carbons (Fsp3) is 0. The summed E-state index contributed by atoms with van der Waals surface area (Å²) in [4.78, 5) is 0. The third-order valence-corrected chi connectivity index (χ3v) is 10.2. The molecule has 0 radical (unpaired) electrons. The van der Waals surface area contributed by atoms with Crippen molar-refractivity contribution in [1.82, 2.24) is 13.5 Å². The molecule has 0 spiro atoms. The maximum absolute atomic E-state index is 2.48. The van der Waals surface area contributed by atoms with Gasteiger partial charge in [0.25, 0.3) is 0 Å². The van der Waals surface area contributed by atoms with Gasteiger partial charge >= 0.3 is 0 Å². The molecule has 7 aromatic carbocycles. The lowest BCUT2D eigenvalue weighted by Crippen LogP contribution is -1.98. The van der Waals surface area contributed by atoms with Gasteiger partial charge in [-0.15, -0.1) is 0 Å². The van der Waals surface area contributed by atoms with E-state index >= 15 is 0 Å². The monoisotopic (exact) mass is 597 g/mol. The van der Waals surface area contributed by atoms with E-state index in [2.05, 4.69) is 177 Å². The van der Waals surface area contributed by atoms with Crippen LogP contribution in [0.5, 0.6) is 0 Å². The summed E-state index contributed by atoms with van der Waals surface area (Å²) in [5.74, 6) is 0. The van der Waals surface area contributed by atoms with E-state index in [1.165, 1.54) is 81.7 Å². The van der Waals surface area contributed by atoms with E-state index in [9.17, 15) is 0 Å². The molecule has 0 atom stereocenters. The Labute approximate surface area is 269 Å². The van der Waals surface area contributed by atoms with Gasteiger partial charge in [-0.1, -0.05) is 109 Å². The number of aromatic nitrogens is 3. The van der Waals surface area contributed by atoms with E-state index in [0.717, 1.165) is 11.4 Å². The number of pyridine rings is 1. The van der Waals surface area contributed by atoms with Crippen molar-refractivity contribution in [1.29, 1.82) is 0 Å². The van der Waals surface area contributed by atoms with Gasteiger partial charge in [-0.25, -0.2) is 0 Å². The molecule has 4 aromatic heterocycles. The molecule has 11 aromatic rings. The number of hydrogen-bond donors (Lipinski definition) is 0. The quantitative estimate of drug-likeness (QED) is 0.176. The fourth-order valence-corrected chi connectivity index (χ4v) is 8.28. The molecule has 11 rings (SSSR count). The second-order valence-corrected chi connectivity index (χ2v) is 12.6. The lowest BCUT2D eigenvalue weighted by molar-refractivity contribution is 1.14. The Balaban J connectivity index is 1.28. The van der Waals surface area contributed by atoms with Gasteiger partial charge in [0, 0.05) is 49.1 Å². The molecule has 0 saturated heterocycles. The Kier molecular flexibility index (Phi) is 4.84. The van der Waals surface area contributed by atoms with E-state index in [0.29, 0.717) is 0 Å². The normalized spacial score (nSPS) is 12.3. The van der Waals surface area contributed by atoms with Gasteiger partial charge in [-0.05, 0) is 60.0 Å². The van der Waals surface area contributed by atoms with Crippen molar-refractivity contribution < 1.29 is 0 Å². The van der Waals surface area contributed by atoms with E-state index in [1.54, 1.807) is 0 Å². The summed E-state index contributed by atoms with van der Waals surface area (Å²) < 4.78 is 7.35. The molecule has 0 aliphatic carbocycles. The average molecular weight is 598 g/mol. The third kappa shape index (κ3) is 3.25. The second kappa shape index (κ2) is 9.12. The minimum atomic E-state index is 1.15. The third-order valence-electron chi connectivity index (χ3n) is 10.2. The predicted octanol–water partition coefficient (Wildman–Crippen LogP) is 11.6. The van der Waals surface area contributed by atoms with E-state index in [1.807, 2.05) is 0 Å². The smallest absolute Gasteiger partial charge is 0.0635 e.